The van der Waals surface area contributed by atoms with Crippen LogP contribution in [0.15, 0.2) is 46.2 Å². The minimum absolute atomic E-state index is 0.307. The summed E-state index contributed by atoms with van der Waals surface area (Å²) in [5.41, 5.74) is 0. The van der Waals surface area contributed by atoms with Crippen molar-refractivity contribution < 1.29 is 4.79 Å². The fourth-order valence-corrected chi connectivity index (χ4v) is 2.58. The zero-order valence-corrected chi connectivity index (χ0v) is 9.43. The highest BCUT2D eigenvalue weighted by Crippen LogP contribution is 2.30. The number of carbonyl (C=O) groups excluding carboxylic acids is 1. The molecule has 0 bridgehead atoms. The molecule has 1 nitrogen and oxygen atoms in total. The van der Waals surface area contributed by atoms with Crippen molar-refractivity contribution >= 4 is 17.5 Å². The molecule has 15 heavy (non-hydrogen) atoms. The minimum atomic E-state index is 0.307. The zero-order chi connectivity index (χ0) is 10.5. The lowest BCUT2D eigenvalue weighted by Crippen LogP contribution is -1.96. The molecule has 0 fully saturated rings. The average molecular weight is 218 g/mol. The number of thioether (sulfide) groups is 1. The molecule has 1 aromatic carbocycles. The Balaban J connectivity index is 2.10. The topological polar surface area (TPSA) is 17.1 Å². The van der Waals surface area contributed by atoms with Gasteiger partial charge in [0.2, 0.25) is 0 Å². The molecular weight excluding hydrogens is 204 g/mol. The normalized spacial score (nSPS) is 17.1. The molecule has 0 spiro atoms. The lowest BCUT2D eigenvalue weighted by atomic mass is 10.2. The van der Waals surface area contributed by atoms with Crippen molar-refractivity contribution in [3.05, 3.63) is 41.3 Å². The number of ketones is 1. The van der Waals surface area contributed by atoms with Crippen LogP contribution in [0.25, 0.3) is 0 Å². The molecule has 1 aromatic rings. The highest BCUT2D eigenvalue weighted by atomic mass is 32.2. The largest absolute Gasteiger partial charge is 0.294 e. The van der Waals surface area contributed by atoms with E-state index in [0.717, 1.165) is 29.1 Å². The molecule has 0 aromatic heterocycles. The van der Waals surface area contributed by atoms with Crippen molar-refractivity contribution in [1.29, 1.82) is 0 Å². The highest BCUT2D eigenvalue weighted by Gasteiger charge is 2.13. The van der Waals surface area contributed by atoms with Gasteiger partial charge in [0.05, 0.1) is 4.91 Å². The van der Waals surface area contributed by atoms with E-state index >= 15 is 0 Å². The van der Waals surface area contributed by atoms with E-state index in [9.17, 15) is 4.79 Å². The Labute approximate surface area is 94.6 Å². The van der Waals surface area contributed by atoms with E-state index < -0.39 is 0 Å². The van der Waals surface area contributed by atoms with E-state index in [0.29, 0.717) is 12.2 Å². The number of carbonyl (C=O) groups is 1. The van der Waals surface area contributed by atoms with Gasteiger partial charge in [-0.2, -0.15) is 0 Å². The van der Waals surface area contributed by atoms with Gasteiger partial charge in [-0.25, -0.2) is 0 Å². The molecule has 1 aliphatic rings. The van der Waals surface area contributed by atoms with Gasteiger partial charge in [0.25, 0.3) is 0 Å². The SMILES string of the molecule is O=C1CCCCC=C1Sc1ccccc1. The lowest BCUT2D eigenvalue weighted by molar-refractivity contribution is -0.114. The number of allylic oxidation sites excluding steroid dienone is 2. The maximum absolute atomic E-state index is 11.7. The second kappa shape index (κ2) is 5.17. The third kappa shape index (κ3) is 2.96. The monoisotopic (exact) mass is 218 g/mol. The number of hydrogen-bond acceptors (Lipinski definition) is 2. The summed E-state index contributed by atoms with van der Waals surface area (Å²) in [4.78, 5) is 13.8. The predicted molar refractivity (Wildman–Crippen MR) is 63.9 cm³/mol. The van der Waals surface area contributed by atoms with Crippen LogP contribution >= 0.6 is 11.8 Å². The van der Waals surface area contributed by atoms with Crippen molar-refractivity contribution in [3.63, 3.8) is 0 Å². The summed E-state index contributed by atoms with van der Waals surface area (Å²) >= 11 is 1.60. The first kappa shape index (κ1) is 10.5. The molecule has 2 heteroatoms. The Morgan fingerprint density at radius 2 is 1.87 bits per heavy atom. The first-order valence-corrected chi connectivity index (χ1v) is 6.14. The Morgan fingerprint density at radius 1 is 1.07 bits per heavy atom. The van der Waals surface area contributed by atoms with E-state index in [1.807, 2.05) is 30.3 Å². The van der Waals surface area contributed by atoms with Gasteiger partial charge in [-0.05, 0) is 31.4 Å². The molecular formula is C13H14OS. The minimum Gasteiger partial charge on any atom is -0.294 e. The number of benzene rings is 1. The molecule has 0 aliphatic heterocycles. The molecule has 0 atom stereocenters. The fraction of sp³-hybridized carbons (Fsp3) is 0.308. The van der Waals surface area contributed by atoms with Gasteiger partial charge in [-0.3, -0.25) is 4.79 Å². The molecule has 0 N–H and O–H groups in total. The van der Waals surface area contributed by atoms with Crippen LogP contribution in [0.3, 0.4) is 0 Å². The van der Waals surface area contributed by atoms with Crippen LogP contribution in [-0.4, -0.2) is 5.78 Å². The average Bonchev–Trinajstić information content (AvgIpc) is 2.46. The van der Waals surface area contributed by atoms with Crippen LogP contribution in [-0.2, 0) is 4.79 Å². The number of hydrogen-bond donors (Lipinski definition) is 0. The third-order valence-electron chi connectivity index (χ3n) is 2.43. The van der Waals surface area contributed by atoms with Gasteiger partial charge in [-0.1, -0.05) is 36.0 Å². The van der Waals surface area contributed by atoms with E-state index in [2.05, 4.69) is 6.08 Å². The van der Waals surface area contributed by atoms with Gasteiger partial charge in [0.1, 0.15) is 0 Å². The zero-order valence-electron chi connectivity index (χ0n) is 8.61. The van der Waals surface area contributed by atoms with Crippen LogP contribution in [0.5, 0.6) is 0 Å². The summed E-state index contributed by atoms with van der Waals surface area (Å²) in [6.45, 7) is 0. The lowest BCUT2D eigenvalue weighted by Gasteiger charge is -2.03. The van der Waals surface area contributed by atoms with Crippen LogP contribution in [0.4, 0.5) is 0 Å². The molecule has 0 saturated carbocycles. The molecule has 0 saturated heterocycles. The van der Waals surface area contributed by atoms with E-state index in [4.69, 9.17) is 0 Å². The van der Waals surface area contributed by atoms with Crippen LogP contribution in [0, 0.1) is 0 Å². The summed E-state index contributed by atoms with van der Waals surface area (Å²) in [5, 5.41) is 0. The number of rotatable bonds is 2. The van der Waals surface area contributed by atoms with Gasteiger partial charge < -0.3 is 0 Å². The fourth-order valence-electron chi connectivity index (χ4n) is 1.61. The molecule has 0 unspecified atom stereocenters. The van der Waals surface area contributed by atoms with Gasteiger partial charge in [-0.15, -0.1) is 0 Å². The highest BCUT2D eigenvalue weighted by molar-refractivity contribution is 8.04. The van der Waals surface area contributed by atoms with Crippen molar-refractivity contribution in [2.45, 2.75) is 30.6 Å². The van der Waals surface area contributed by atoms with Crippen LogP contribution in [0.2, 0.25) is 0 Å². The summed E-state index contributed by atoms with van der Waals surface area (Å²) in [5.74, 6) is 0.307. The van der Waals surface area contributed by atoms with E-state index in [1.165, 1.54) is 0 Å². The van der Waals surface area contributed by atoms with E-state index in [1.54, 1.807) is 11.8 Å². The Hall–Kier alpha value is -1.02. The first-order chi connectivity index (χ1) is 7.36. The molecule has 0 amide bonds. The van der Waals surface area contributed by atoms with Crippen molar-refractivity contribution in [2.24, 2.45) is 0 Å². The van der Waals surface area contributed by atoms with E-state index in [-0.39, 0.29) is 0 Å². The Morgan fingerprint density at radius 3 is 2.67 bits per heavy atom. The second-order valence-electron chi connectivity index (χ2n) is 3.65. The maximum Gasteiger partial charge on any atom is 0.169 e. The Kier molecular flexibility index (Phi) is 3.62. The van der Waals surface area contributed by atoms with Gasteiger partial charge in [0, 0.05) is 11.3 Å². The first-order valence-electron chi connectivity index (χ1n) is 5.32. The van der Waals surface area contributed by atoms with Crippen molar-refractivity contribution in [1.82, 2.24) is 0 Å². The molecule has 1 aliphatic carbocycles. The smallest absolute Gasteiger partial charge is 0.169 e. The second-order valence-corrected chi connectivity index (χ2v) is 4.77. The summed E-state index contributed by atoms with van der Waals surface area (Å²) in [6.07, 6.45) is 6.03. The van der Waals surface area contributed by atoms with Gasteiger partial charge >= 0.3 is 0 Å². The summed E-state index contributed by atoms with van der Waals surface area (Å²) in [6, 6.07) is 10.1. The maximum atomic E-state index is 11.7. The standard InChI is InChI=1S/C13H14OS/c14-12-9-5-2-6-10-13(12)15-11-7-3-1-4-8-11/h1,3-4,7-8,10H,2,5-6,9H2. The predicted octanol–water partition coefficient (Wildman–Crippen LogP) is 3.81. The number of Topliss-reactive ketones (excluding diaryl/α,β-unsaturated/α-hetero) is 1. The molecule has 0 heterocycles. The van der Waals surface area contributed by atoms with Crippen LogP contribution in [0.1, 0.15) is 25.7 Å². The van der Waals surface area contributed by atoms with Crippen molar-refractivity contribution in [3.8, 4) is 0 Å². The molecule has 2 rings (SSSR count). The third-order valence-corrected chi connectivity index (χ3v) is 3.56. The van der Waals surface area contributed by atoms with Gasteiger partial charge in [0.15, 0.2) is 5.78 Å². The Bertz CT molecular complexity index is 367. The van der Waals surface area contributed by atoms with Crippen molar-refractivity contribution in [2.75, 3.05) is 0 Å². The molecule has 0 radical (unpaired) electrons. The summed E-state index contributed by atoms with van der Waals surface area (Å²) in [7, 11) is 0. The van der Waals surface area contributed by atoms with Crippen LogP contribution < -0.4 is 0 Å². The summed E-state index contributed by atoms with van der Waals surface area (Å²) < 4.78 is 0. The molecule has 78 valence electrons. The quantitative estimate of drug-likeness (QED) is 0.751.